The summed E-state index contributed by atoms with van der Waals surface area (Å²) >= 11 is 0. The minimum Gasteiger partial charge on any atom is -0.262 e. The third kappa shape index (κ3) is 0.961. The van der Waals surface area contributed by atoms with Crippen LogP contribution in [0.4, 0.5) is 0 Å². The molecule has 0 N–H and O–H groups in total. The lowest BCUT2D eigenvalue weighted by Gasteiger charge is -2.02. The summed E-state index contributed by atoms with van der Waals surface area (Å²) in [6, 6.07) is 2.00. The van der Waals surface area contributed by atoms with E-state index in [0.717, 1.165) is 5.52 Å². The number of rotatable bonds is 0. The van der Waals surface area contributed by atoms with Crippen LogP contribution in [-0.2, 0) is 0 Å². The van der Waals surface area contributed by atoms with E-state index in [1.165, 1.54) is 16.5 Å². The normalized spacial score (nSPS) is 10.5. The Bertz CT molecular complexity index is 421. The molecule has 2 heteroatoms. The van der Waals surface area contributed by atoms with Crippen LogP contribution in [0, 0.1) is 13.8 Å². The van der Waals surface area contributed by atoms with E-state index in [-0.39, 0.29) is 0 Å². The molecule has 2 heterocycles. The van der Waals surface area contributed by atoms with Crippen LogP contribution in [0.1, 0.15) is 11.1 Å². The minimum absolute atomic E-state index is 0.973. The van der Waals surface area contributed by atoms with Gasteiger partial charge in [-0.1, -0.05) is 0 Å². The Morgan fingerprint density at radius 1 is 1.17 bits per heavy atom. The van der Waals surface area contributed by atoms with Crippen molar-refractivity contribution >= 4 is 10.9 Å². The second kappa shape index (κ2) is 2.55. The zero-order valence-corrected chi connectivity index (χ0v) is 7.20. The van der Waals surface area contributed by atoms with Crippen LogP contribution in [0.25, 0.3) is 10.9 Å². The predicted molar refractivity (Wildman–Crippen MR) is 49.0 cm³/mol. The largest absolute Gasteiger partial charge is 0.262 e. The first-order valence-corrected chi connectivity index (χ1v) is 3.95. The van der Waals surface area contributed by atoms with E-state index in [1.54, 1.807) is 12.4 Å². The van der Waals surface area contributed by atoms with Crippen molar-refractivity contribution in [2.45, 2.75) is 13.8 Å². The standard InChI is InChI=1S/C10H10N2/c1-7-5-12-10-6-11-4-3-9(10)8(7)2/h3-6H,1-2H3. The molecule has 2 aromatic rings. The average molecular weight is 158 g/mol. The molecule has 0 aliphatic carbocycles. The SMILES string of the molecule is Cc1cnc2cnccc2c1C. The van der Waals surface area contributed by atoms with Crippen molar-refractivity contribution in [1.82, 2.24) is 9.97 Å². The lowest BCUT2D eigenvalue weighted by atomic mass is 10.1. The summed E-state index contributed by atoms with van der Waals surface area (Å²) in [7, 11) is 0. The molecule has 0 unspecified atom stereocenters. The highest BCUT2D eigenvalue weighted by atomic mass is 14.7. The highest BCUT2D eigenvalue weighted by Gasteiger charge is 1.99. The van der Waals surface area contributed by atoms with Crippen LogP contribution in [0.5, 0.6) is 0 Å². The molecule has 2 rings (SSSR count). The molecule has 60 valence electrons. The van der Waals surface area contributed by atoms with Gasteiger partial charge in [-0.25, -0.2) is 0 Å². The van der Waals surface area contributed by atoms with Crippen molar-refractivity contribution in [3.05, 3.63) is 35.8 Å². The number of fused-ring (bicyclic) bond motifs is 1. The Balaban J connectivity index is 2.91. The number of hydrogen-bond donors (Lipinski definition) is 0. The number of aryl methyl sites for hydroxylation is 2. The Morgan fingerprint density at radius 3 is 2.83 bits per heavy atom. The third-order valence-electron chi connectivity index (χ3n) is 2.19. The maximum Gasteiger partial charge on any atom is 0.0887 e. The van der Waals surface area contributed by atoms with Gasteiger partial charge in [-0.3, -0.25) is 9.97 Å². The molecule has 0 aliphatic heterocycles. The van der Waals surface area contributed by atoms with Crippen molar-refractivity contribution in [3.63, 3.8) is 0 Å². The van der Waals surface area contributed by atoms with Gasteiger partial charge in [-0.15, -0.1) is 0 Å². The Labute approximate surface area is 71.3 Å². The Morgan fingerprint density at radius 2 is 2.00 bits per heavy atom. The number of aromatic nitrogens is 2. The lowest BCUT2D eigenvalue weighted by molar-refractivity contribution is 1.25. The quantitative estimate of drug-likeness (QED) is 0.587. The van der Waals surface area contributed by atoms with Crippen LogP contribution < -0.4 is 0 Å². The molecular weight excluding hydrogens is 148 g/mol. The van der Waals surface area contributed by atoms with Crippen molar-refractivity contribution in [1.29, 1.82) is 0 Å². The van der Waals surface area contributed by atoms with Gasteiger partial charge in [0, 0.05) is 17.8 Å². The molecule has 0 spiro atoms. The Kier molecular flexibility index (Phi) is 1.54. The van der Waals surface area contributed by atoms with Gasteiger partial charge in [0.15, 0.2) is 0 Å². The van der Waals surface area contributed by atoms with Crippen LogP contribution in [0.15, 0.2) is 24.7 Å². The summed E-state index contributed by atoms with van der Waals surface area (Å²) < 4.78 is 0. The topological polar surface area (TPSA) is 25.8 Å². The van der Waals surface area contributed by atoms with E-state index >= 15 is 0 Å². The smallest absolute Gasteiger partial charge is 0.0887 e. The molecular formula is C10H10N2. The van der Waals surface area contributed by atoms with Crippen molar-refractivity contribution in [3.8, 4) is 0 Å². The van der Waals surface area contributed by atoms with E-state index in [2.05, 4.69) is 23.8 Å². The fourth-order valence-corrected chi connectivity index (χ4v) is 1.28. The van der Waals surface area contributed by atoms with Crippen LogP contribution >= 0.6 is 0 Å². The molecule has 0 radical (unpaired) electrons. The maximum atomic E-state index is 4.28. The van der Waals surface area contributed by atoms with E-state index in [4.69, 9.17) is 0 Å². The van der Waals surface area contributed by atoms with Gasteiger partial charge in [0.1, 0.15) is 0 Å². The molecule has 0 saturated heterocycles. The Hall–Kier alpha value is -1.44. The van der Waals surface area contributed by atoms with Crippen LogP contribution in [0.3, 0.4) is 0 Å². The summed E-state index contributed by atoms with van der Waals surface area (Å²) in [4.78, 5) is 8.30. The molecule has 0 saturated carbocycles. The fourth-order valence-electron chi connectivity index (χ4n) is 1.28. The first kappa shape index (κ1) is 7.22. The summed E-state index contributed by atoms with van der Waals surface area (Å²) in [5, 5.41) is 1.20. The van der Waals surface area contributed by atoms with Gasteiger partial charge in [0.2, 0.25) is 0 Å². The van der Waals surface area contributed by atoms with Gasteiger partial charge in [-0.2, -0.15) is 0 Å². The molecule has 0 fully saturated rings. The van der Waals surface area contributed by atoms with E-state index < -0.39 is 0 Å². The van der Waals surface area contributed by atoms with E-state index in [0.29, 0.717) is 0 Å². The minimum atomic E-state index is 0.973. The van der Waals surface area contributed by atoms with E-state index in [1.807, 2.05) is 12.3 Å². The number of hydrogen-bond acceptors (Lipinski definition) is 2. The third-order valence-corrected chi connectivity index (χ3v) is 2.19. The first-order chi connectivity index (χ1) is 5.79. The summed E-state index contributed by atoms with van der Waals surface area (Å²) in [6.45, 7) is 4.18. The van der Waals surface area contributed by atoms with Gasteiger partial charge in [0.05, 0.1) is 11.7 Å². The molecule has 0 amide bonds. The summed E-state index contributed by atoms with van der Waals surface area (Å²) in [5.74, 6) is 0. The summed E-state index contributed by atoms with van der Waals surface area (Å²) in [5.41, 5.74) is 3.50. The monoisotopic (exact) mass is 158 g/mol. The molecule has 12 heavy (non-hydrogen) atoms. The highest BCUT2D eigenvalue weighted by Crippen LogP contribution is 2.16. The van der Waals surface area contributed by atoms with Crippen LogP contribution in [-0.4, -0.2) is 9.97 Å². The van der Waals surface area contributed by atoms with Crippen molar-refractivity contribution in [2.24, 2.45) is 0 Å². The second-order valence-corrected chi connectivity index (χ2v) is 2.96. The van der Waals surface area contributed by atoms with Gasteiger partial charge < -0.3 is 0 Å². The van der Waals surface area contributed by atoms with Gasteiger partial charge >= 0.3 is 0 Å². The first-order valence-electron chi connectivity index (χ1n) is 3.95. The zero-order chi connectivity index (χ0) is 8.55. The molecule has 2 nitrogen and oxygen atoms in total. The van der Waals surface area contributed by atoms with Gasteiger partial charge in [-0.05, 0) is 31.0 Å². The lowest BCUT2D eigenvalue weighted by Crippen LogP contribution is -1.87. The number of nitrogens with zero attached hydrogens (tertiary/aromatic N) is 2. The van der Waals surface area contributed by atoms with E-state index in [9.17, 15) is 0 Å². The van der Waals surface area contributed by atoms with Crippen molar-refractivity contribution < 1.29 is 0 Å². The summed E-state index contributed by atoms with van der Waals surface area (Å²) in [6.07, 6.45) is 5.48. The average Bonchev–Trinajstić information content (AvgIpc) is 2.12. The maximum absolute atomic E-state index is 4.28. The second-order valence-electron chi connectivity index (χ2n) is 2.96. The fraction of sp³-hybridized carbons (Fsp3) is 0.200. The molecule has 0 atom stereocenters. The molecule has 0 aromatic carbocycles. The zero-order valence-electron chi connectivity index (χ0n) is 7.20. The van der Waals surface area contributed by atoms with Crippen molar-refractivity contribution in [2.75, 3.05) is 0 Å². The predicted octanol–water partition coefficient (Wildman–Crippen LogP) is 2.25. The molecule has 0 bridgehead atoms. The van der Waals surface area contributed by atoms with Gasteiger partial charge in [0.25, 0.3) is 0 Å². The molecule has 0 aliphatic rings. The van der Waals surface area contributed by atoms with Crippen LogP contribution in [0.2, 0.25) is 0 Å². The highest BCUT2D eigenvalue weighted by molar-refractivity contribution is 5.81. The number of pyridine rings is 2. The molecule has 2 aromatic heterocycles.